The van der Waals surface area contributed by atoms with Gasteiger partial charge in [0.1, 0.15) is 5.84 Å². The molecule has 0 unspecified atom stereocenters. The molecule has 0 spiro atoms. The first-order valence-electron chi connectivity index (χ1n) is 8.58. The van der Waals surface area contributed by atoms with E-state index in [1.165, 1.54) is 0 Å². The van der Waals surface area contributed by atoms with Crippen LogP contribution in [-0.4, -0.2) is 39.9 Å². The number of aliphatic imine (C=N–C) groups is 1. The van der Waals surface area contributed by atoms with Crippen LogP contribution in [0, 0.1) is 0 Å². The molecule has 0 saturated heterocycles. The highest BCUT2D eigenvalue weighted by molar-refractivity contribution is 7.17. The maximum Gasteiger partial charge on any atom is 0.250 e. The highest BCUT2D eigenvalue weighted by atomic mass is 32.1. The molecule has 132 valence electrons. The molecule has 0 aliphatic carbocycles. The van der Waals surface area contributed by atoms with Crippen molar-refractivity contribution in [3.8, 4) is 10.4 Å². The zero-order valence-corrected chi connectivity index (χ0v) is 15.4. The van der Waals surface area contributed by atoms with Crippen molar-refractivity contribution in [2.75, 3.05) is 13.1 Å². The van der Waals surface area contributed by atoms with Gasteiger partial charge in [0.15, 0.2) is 0 Å². The highest BCUT2D eigenvalue weighted by Gasteiger charge is 2.22. The first kappa shape index (κ1) is 17.4. The molecule has 0 aromatic carbocycles. The topological polar surface area (TPSA) is 87.4 Å². The minimum absolute atomic E-state index is 0.0629. The van der Waals surface area contributed by atoms with Crippen LogP contribution in [0.15, 0.2) is 29.0 Å². The van der Waals surface area contributed by atoms with Crippen molar-refractivity contribution in [3.05, 3.63) is 28.9 Å². The van der Waals surface area contributed by atoms with Gasteiger partial charge in [-0.05, 0) is 25.0 Å². The fourth-order valence-electron chi connectivity index (χ4n) is 2.91. The third-order valence-corrected chi connectivity index (χ3v) is 5.13. The monoisotopic (exact) mass is 357 g/mol. The molecule has 3 heterocycles. The predicted octanol–water partition coefficient (Wildman–Crippen LogP) is 3.56. The van der Waals surface area contributed by atoms with E-state index in [2.05, 4.69) is 29.0 Å². The number of amidine groups is 1. The minimum atomic E-state index is 0.0629. The maximum absolute atomic E-state index is 13.0. The van der Waals surface area contributed by atoms with Crippen molar-refractivity contribution in [1.29, 1.82) is 0 Å². The Labute approximate surface area is 151 Å². The largest absolute Gasteiger partial charge is 0.387 e. The quantitative estimate of drug-likeness (QED) is 0.828. The summed E-state index contributed by atoms with van der Waals surface area (Å²) in [7, 11) is 0. The summed E-state index contributed by atoms with van der Waals surface area (Å²) >= 11 is 1.60. The molecule has 3 N–H and O–H groups in total. The summed E-state index contributed by atoms with van der Waals surface area (Å²) in [6.45, 7) is 5.70. The fourth-order valence-corrected chi connectivity index (χ4v) is 3.96. The Hall–Kier alpha value is -2.41. The van der Waals surface area contributed by atoms with Crippen LogP contribution in [0.4, 0.5) is 5.69 Å². The Morgan fingerprint density at radius 1 is 1.36 bits per heavy atom. The van der Waals surface area contributed by atoms with Crippen LogP contribution in [0.5, 0.6) is 0 Å². The van der Waals surface area contributed by atoms with E-state index in [4.69, 9.17) is 5.73 Å². The Balaban J connectivity index is 1.95. The van der Waals surface area contributed by atoms with E-state index in [-0.39, 0.29) is 5.91 Å². The van der Waals surface area contributed by atoms with E-state index in [1.54, 1.807) is 17.5 Å². The molecule has 1 aliphatic rings. The third-order valence-electron chi connectivity index (χ3n) is 4.01. The Morgan fingerprint density at radius 2 is 2.12 bits per heavy atom. The van der Waals surface area contributed by atoms with Gasteiger partial charge in [0, 0.05) is 41.7 Å². The van der Waals surface area contributed by atoms with Crippen LogP contribution in [0.2, 0.25) is 0 Å². The Bertz CT molecular complexity index is 798. The minimum Gasteiger partial charge on any atom is -0.387 e. The van der Waals surface area contributed by atoms with Gasteiger partial charge in [-0.1, -0.05) is 13.8 Å². The molecule has 0 atom stereocenters. The molecule has 2 aromatic rings. The van der Waals surface area contributed by atoms with Crippen LogP contribution >= 0.6 is 11.3 Å². The first-order valence-corrected chi connectivity index (χ1v) is 9.39. The Kier molecular flexibility index (Phi) is 5.33. The number of carbonyl (C=O) groups is 1. The van der Waals surface area contributed by atoms with E-state index < -0.39 is 0 Å². The molecule has 2 aromatic heterocycles. The number of aromatic amines is 1. The van der Waals surface area contributed by atoms with Gasteiger partial charge in [0.05, 0.1) is 16.8 Å². The lowest BCUT2D eigenvalue weighted by atomic mass is 10.1. The molecule has 0 bridgehead atoms. The normalized spacial score (nSPS) is 13.7. The number of nitrogens with zero attached hydrogens (tertiary/aromatic N) is 3. The van der Waals surface area contributed by atoms with Crippen LogP contribution in [0.1, 0.15) is 38.0 Å². The second-order valence-corrected chi connectivity index (χ2v) is 7.17. The summed E-state index contributed by atoms with van der Waals surface area (Å²) in [5.41, 5.74) is 8.61. The van der Waals surface area contributed by atoms with E-state index in [9.17, 15) is 4.79 Å². The number of nitrogens with one attached hydrogen (secondary N) is 1. The maximum atomic E-state index is 13.0. The standard InChI is InChI=1S/C18H23N5OS/c1-3-5-23(6-4-2)18(24)12-7-16-14(22-17(19)8-12)9-15(25-16)13-10-20-21-11-13/h7,9-11H,3-6,8H2,1-2H3,(H2,19,22)(H,20,21). The molecule has 0 fully saturated rings. The number of thiophene rings is 1. The number of H-pyrrole nitrogens is 1. The predicted molar refractivity (Wildman–Crippen MR) is 103 cm³/mol. The third kappa shape index (κ3) is 3.82. The van der Waals surface area contributed by atoms with Gasteiger partial charge in [0.2, 0.25) is 5.91 Å². The fraction of sp³-hybridized carbons (Fsp3) is 0.389. The first-order chi connectivity index (χ1) is 12.1. The molecule has 0 radical (unpaired) electrons. The molecule has 7 heteroatoms. The summed E-state index contributed by atoms with van der Waals surface area (Å²) < 4.78 is 0. The number of aromatic nitrogens is 2. The van der Waals surface area contributed by atoms with Crippen LogP contribution in [0.3, 0.4) is 0 Å². The molecular weight excluding hydrogens is 334 g/mol. The van der Waals surface area contributed by atoms with Crippen molar-refractivity contribution in [3.63, 3.8) is 0 Å². The van der Waals surface area contributed by atoms with Gasteiger partial charge in [-0.2, -0.15) is 5.10 Å². The zero-order chi connectivity index (χ0) is 17.8. The summed E-state index contributed by atoms with van der Waals surface area (Å²) in [6, 6.07) is 2.00. The molecule has 3 rings (SSSR count). The van der Waals surface area contributed by atoms with Gasteiger partial charge in [-0.15, -0.1) is 11.3 Å². The van der Waals surface area contributed by atoms with Gasteiger partial charge in [0.25, 0.3) is 0 Å². The summed E-state index contributed by atoms with van der Waals surface area (Å²) in [5, 5.41) is 6.81. The van der Waals surface area contributed by atoms with Crippen molar-refractivity contribution in [1.82, 2.24) is 15.1 Å². The molecule has 1 amide bonds. The molecule has 1 aliphatic heterocycles. The number of hydrogen-bond donors (Lipinski definition) is 2. The molecule has 25 heavy (non-hydrogen) atoms. The average molecular weight is 357 g/mol. The van der Waals surface area contributed by atoms with E-state index >= 15 is 0 Å². The van der Waals surface area contributed by atoms with Crippen LogP contribution in [0.25, 0.3) is 16.5 Å². The summed E-state index contributed by atoms with van der Waals surface area (Å²) in [5.74, 6) is 0.538. The van der Waals surface area contributed by atoms with Crippen LogP contribution < -0.4 is 5.73 Å². The number of amides is 1. The number of fused-ring (bicyclic) bond motifs is 1. The SMILES string of the molecule is CCCN(CCC)C(=O)C1=Cc2sc(-c3cn[nH]c3)cc2N=C(N)C1. The second-order valence-electron chi connectivity index (χ2n) is 6.09. The van der Waals surface area contributed by atoms with Gasteiger partial charge in [-0.3, -0.25) is 9.89 Å². The Morgan fingerprint density at radius 3 is 2.76 bits per heavy atom. The summed E-state index contributed by atoms with van der Waals surface area (Å²) in [6.07, 6.45) is 7.85. The zero-order valence-electron chi connectivity index (χ0n) is 14.6. The molecule has 6 nitrogen and oxygen atoms in total. The smallest absolute Gasteiger partial charge is 0.250 e. The van der Waals surface area contributed by atoms with Crippen molar-refractivity contribution >= 4 is 34.8 Å². The van der Waals surface area contributed by atoms with E-state index in [0.29, 0.717) is 17.8 Å². The van der Waals surface area contributed by atoms with E-state index in [1.807, 2.05) is 23.2 Å². The van der Waals surface area contributed by atoms with Crippen molar-refractivity contribution in [2.45, 2.75) is 33.1 Å². The van der Waals surface area contributed by atoms with Gasteiger partial charge >= 0.3 is 0 Å². The highest BCUT2D eigenvalue weighted by Crippen LogP contribution is 2.39. The number of hydrogen-bond acceptors (Lipinski definition) is 5. The summed E-state index contributed by atoms with van der Waals surface area (Å²) in [4.78, 5) is 21.4. The lowest BCUT2D eigenvalue weighted by Crippen LogP contribution is -2.34. The molecular formula is C18H23N5OS. The molecule has 0 saturated carbocycles. The lowest BCUT2D eigenvalue weighted by Gasteiger charge is -2.22. The lowest BCUT2D eigenvalue weighted by molar-refractivity contribution is -0.127. The van der Waals surface area contributed by atoms with E-state index in [0.717, 1.165) is 46.9 Å². The number of carbonyl (C=O) groups excluding carboxylic acids is 1. The van der Waals surface area contributed by atoms with Crippen molar-refractivity contribution < 1.29 is 4.79 Å². The van der Waals surface area contributed by atoms with Crippen LogP contribution in [-0.2, 0) is 4.79 Å². The second kappa shape index (κ2) is 7.65. The number of rotatable bonds is 6. The number of nitrogens with two attached hydrogens (primary N) is 1. The van der Waals surface area contributed by atoms with Gasteiger partial charge in [-0.25, -0.2) is 4.99 Å². The van der Waals surface area contributed by atoms with Crippen molar-refractivity contribution in [2.24, 2.45) is 10.7 Å². The average Bonchev–Trinajstić information content (AvgIpc) is 3.21. The van der Waals surface area contributed by atoms with Gasteiger partial charge < -0.3 is 10.6 Å².